The first kappa shape index (κ1) is 12.8. The molecule has 0 atom stereocenters. The zero-order valence-electron chi connectivity index (χ0n) is 10.6. The van der Waals surface area contributed by atoms with E-state index in [4.69, 9.17) is 10.8 Å². The summed E-state index contributed by atoms with van der Waals surface area (Å²) in [5.74, 6) is 1.69. The zero-order chi connectivity index (χ0) is 13.1. The molecule has 1 heterocycles. The van der Waals surface area contributed by atoms with Crippen LogP contribution in [0.15, 0.2) is 11.3 Å². The van der Waals surface area contributed by atoms with Crippen LogP contribution in [0.1, 0.15) is 19.3 Å². The van der Waals surface area contributed by atoms with Crippen LogP contribution in [0.25, 0.3) is 0 Å². The fourth-order valence-corrected chi connectivity index (χ4v) is 2.40. The van der Waals surface area contributed by atoms with Crippen LogP contribution in [-0.2, 0) is 0 Å². The molecule has 2 rings (SSSR count). The molecule has 0 aromatic carbocycles. The molecule has 0 bridgehead atoms. The van der Waals surface area contributed by atoms with Gasteiger partial charge in [-0.3, -0.25) is 4.99 Å². The van der Waals surface area contributed by atoms with Gasteiger partial charge in [-0.1, -0.05) is 0 Å². The van der Waals surface area contributed by atoms with Gasteiger partial charge in [0.1, 0.15) is 12.0 Å². The molecule has 98 valence electrons. The highest BCUT2D eigenvalue weighted by molar-refractivity contribution is 5.74. The number of anilines is 2. The van der Waals surface area contributed by atoms with Crippen molar-refractivity contribution < 1.29 is 5.11 Å². The number of nitrogens with zero attached hydrogens (tertiary/aromatic N) is 4. The van der Waals surface area contributed by atoms with Gasteiger partial charge in [0.2, 0.25) is 0 Å². The second kappa shape index (κ2) is 5.30. The van der Waals surface area contributed by atoms with Crippen molar-refractivity contribution in [3.63, 3.8) is 0 Å². The quantitative estimate of drug-likeness (QED) is 0.760. The molecule has 0 aliphatic heterocycles. The van der Waals surface area contributed by atoms with Crippen molar-refractivity contribution in [1.82, 2.24) is 9.97 Å². The molecule has 1 aromatic heterocycles. The molecular weight excluding hydrogens is 230 g/mol. The Balaban J connectivity index is 2.08. The van der Waals surface area contributed by atoms with Crippen molar-refractivity contribution >= 4 is 24.0 Å². The predicted octanol–water partition coefficient (Wildman–Crippen LogP) is 0.988. The minimum Gasteiger partial charge on any atom is -0.396 e. The van der Waals surface area contributed by atoms with Gasteiger partial charge in [-0.2, -0.15) is 0 Å². The minimum absolute atomic E-state index is 0.265. The average Bonchev–Trinajstić information content (AvgIpc) is 2.32. The van der Waals surface area contributed by atoms with E-state index in [-0.39, 0.29) is 6.61 Å². The van der Waals surface area contributed by atoms with Crippen LogP contribution in [-0.4, -0.2) is 41.5 Å². The summed E-state index contributed by atoms with van der Waals surface area (Å²) in [6.07, 6.45) is 4.46. The molecular formula is C12H19N5O. The first-order valence-corrected chi connectivity index (χ1v) is 6.08. The van der Waals surface area contributed by atoms with Crippen LogP contribution in [0.3, 0.4) is 0 Å². The first-order valence-electron chi connectivity index (χ1n) is 6.08. The molecule has 0 amide bonds. The summed E-state index contributed by atoms with van der Waals surface area (Å²) in [5.41, 5.74) is 6.31. The van der Waals surface area contributed by atoms with Crippen molar-refractivity contribution in [2.75, 3.05) is 24.3 Å². The van der Waals surface area contributed by atoms with E-state index in [2.05, 4.69) is 26.6 Å². The summed E-state index contributed by atoms with van der Waals surface area (Å²) < 4.78 is 0. The van der Waals surface area contributed by atoms with Gasteiger partial charge >= 0.3 is 0 Å². The van der Waals surface area contributed by atoms with Crippen molar-refractivity contribution in [3.05, 3.63) is 6.33 Å². The summed E-state index contributed by atoms with van der Waals surface area (Å²) in [5, 5.41) is 8.89. The number of nitrogen functional groups attached to an aromatic ring is 1. The minimum atomic E-state index is 0.265. The average molecular weight is 249 g/mol. The molecule has 1 aliphatic carbocycles. The van der Waals surface area contributed by atoms with Crippen LogP contribution in [0.4, 0.5) is 17.3 Å². The lowest BCUT2D eigenvalue weighted by Gasteiger charge is -2.41. The SMILES string of the molecule is C=Nc1c(N)ncnc1N(C)C1CC(CCO)C1. The van der Waals surface area contributed by atoms with Gasteiger partial charge in [0.15, 0.2) is 11.6 Å². The highest BCUT2D eigenvalue weighted by Crippen LogP contribution is 2.38. The number of aliphatic imine (C=N–C) groups is 1. The maximum Gasteiger partial charge on any atom is 0.160 e. The summed E-state index contributed by atoms with van der Waals surface area (Å²) in [6.45, 7) is 3.78. The largest absolute Gasteiger partial charge is 0.396 e. The molecule has 1 aliphatic rings. The van der Waals surface area contributed by atoms with Gasteiger partial charge in [0, 0.05) is 19.7 Å². The van der Waals surface area contributed by atoms with E-state index in [1.807, 2.05) is 7.05 Å². The molecule has 0 unspecified atom stereocenters. The van der Waals surface area contributed by atoms with E-state index in [1.165, 1.54) is 6.33 Å². The lowest BCUT2D eigenvalue weighted by molar-refractivity contribution is 0.184. The maximum atomic E-state index is 8.89. The number of hydrogen-bond acceptors (Lipinski definition) is 6. The maximum absolute atomic E-state index is 8.89. The molecule has 0 radical (unpaired) electrons. The normalized spacial score (nSPS) is 22.3. The topological polar surface area (TPSA) is 87.6 Å². The van der Waals surface area contributed by atoms with Gasteiger partial charge in [0.25, 0.3) is 0 Å². The Morgan fingerprint density at radius 1 is 1.56 bits per heavy atom. The van der Waals surface area contributed by atoms with Gasteiger partial charge < -0.3 is 15.7 Å². The van der Waals surface area contributed by atoms with Gasteiger partial charge in [-0.15, -0.1) is 0 Å². The summed E-state index contributed by atoms with van der Waals surface area (Å²) >= 11 is 0. The Hall–Kier alpha value is -1.69. The fourth-order valence-electron chi connectivity index (χ4n) is 2.40. The standard InChI is InChI=1S/C12H19N5O/c1-14-10-11(13)15-7-16-12(10)17(2)9-5-8(6-9)3-4-18/h7-9,18H,1,3-6H2,2H3,(H2,13,15,16). The molecule has 6 heteroatoms. The van der Waals surface area contributed by atoms with Crippen molar-refractivity contribution in [3.8, 4) is 0 Å². The van der Waals surface area contributed by atoms with Gasteiger partial charge in [0.05, 0.1) is 0 Å². The van der Waals surface area contributed by atoms with E-state index in [1.54, 1.807) is 0 Å². The monoisotopic (exact) mass is 249 g/mol. The van der Waals surface area contributed by atoms with E-state index in [9.17, 15) is 0 Å². The second-order valence-electron chi connectivity index (χ2n) is 4.70. The molecule has 0 spiro atoms. The third-order valence-electron chi connectivity index (χ3n) is 3.62. The predicted molar refractivity (Wildman–Crippen MR) is 72.3 cm³/mol. The van der Waals surface area contributed by atoms with E-state index >= 15 is 0 Å². The number of rotatable bonds is 5. The smallest absolute Gasteiger partial charge is 0.160 e. The van der Waals surface area contributed by atoms with Crippen LogP contribution < -0.4 is 10.6 Å². The zero-order valence-corrected chi connectivity index (χ0v) is 10.6. The van der Waals surface area contributed by atoms with Crippen molar-refractivity contribution in [2.45, 2.75) is 25.3 Å². The number of aliphatic hydroxyl groups excluding tert-OH is 1. The third kappa shape index (κ3) is 2.28. The van der Waals surface area contributed by atoms with Crippen LogP contribution in [0.5, 0.6) is 0 Å². The Bertz CT molecular complexity index is 430. The third-order valence-corrected chi connectivity index (χ3v) is 3.62. The fraction of sp³-hybridized carbons (Fsp3) is 0.583. The lowest BCUT2D eigenvalue weighted by atomic mass is 9.77. The highest BCUT2D eigenvalue weighted by atomic mass is 16.3. The summed E-state index contributed by atoms with van der Waals surface area (Å²) in [4.78, 5) is 14.1. The van der Waals surface area contributed by atoms with Crippen molar-refractivity contribution in [2.24, 2.45) is 10.9 Å². The van der Waals surface area contributed by atoms with Crippen LogP contribution in [0, 0.1) is 5.92 Å². The van der Waals surface area contributed by atoms with Crippen LogP contribution >= 0.6 is 0 Å². The number of hydrogen-bond donors (Lipinski definition) is 2. The van der Waals surface area contributed by atoms with Crippen molar-refractivity contribution in [1.29, 1.82) is 0 Å². The molecule has 1 saturated carbocycles. The molecule has 6 nitrogen and oxygen atoms in total. The molecule has 1 fully saturated rings. The molecule has 1 aromatic rings. The van der Waals surface area contributed by atoms with Gasteiger partial charge in [-0.05, 0) is 31.9 Å². The lowest BCUT2D eigenvalue weighted by Crippen LogP contribution is -2.43. The summed E-state index contributed by atoms with van der Waals surface area (Å²) in [7, 11) is 1.98. The summed E-state index contributed by atoms with van der Waals surface area (Å²) in [6, 6.07) is 0.427. The Labute approximate surface area is 107 Å². The number of nitrogens with two attached hydrogens (primary N) is 1. The van der Waals surface area contributed by atoms with Gasteiger partial charge in [-0.25, -0.2) is 9.97 Å². The first-order chi connectivity index (χ1) is 8.67. The van der Waals surface area contributed by atoms with E-state index in [0.717, 1.165) is 25.1 Å². The molecule has 18 heavy (non-hydrogen) atoms. The number of aromatic nitrogens is 2. The van der Waals surface area contributed by atoms with E-state index < -0.39 is 0 Å². The number of aliphatic hydroxyl groups is 1. The Kier molecular flexibility index (Phi) is 3.76. The van der Waals surface area contributed by atoms with E-state index in [0.29, 0.717) is 23.5 Å². The Morgan fingerprint density at radius 2 is 2.28 bits per heavy atom. The molecule has 3 N–H and O–H groups in total. The van der Waals surface area contributed by atoms with Crippen LogP contribution in [0.2, 0.25) is 0 Å². The Morgan fingerprint density at radius 3 is 2.89 bits per heavy atom. The second-order valence-corrected chi connectivity index (χ2v) is 4.70. The highest BCUT2D eigenvalue weighted by Gasteiger charge is 2.33. The molecule has 0 saturated heterocycles.